The number of benzene rings is 6. The molecule has 11 heteroatoms. The van der Waals surface area contributed by atoms with Gasteiger partial charge in [0.25, 0.3) is 11.8 Å². The largest absolute Gasteiger partial charge is 0.290 e. The van der Waals surface area contributed by atoms with E-state index < -0.39 is 0 Å². The van der Waals surface area contributed by atoms with E-state index in [4.69, 9.17) is 17.4 Å². The molecule has 0 unspecified atom stereocenters. The van der Waals surface area contributed by atoms with Gasteiger partial charge in [-0.15, -0.1) is 0 Å². The van der Waals surface area contributed by atoms with E-state index in [2.05, 4.69) is 76.9 Å². The van der Waals surface area contributed by atoms with E-state index in [-0.39, 0.29) is 11.8 Å². The first kappa shape index (κ1) is 35.4. The number of carbonyl (C=O) groups is 2. The van der Waals surface area contributed by atoms with Crippen molar-refractivity contribution in [2.75, 3.05) is 5.43 Å². The number of rotatable bonds is 4. The Morgan fingerprint density at radius 3 is 1.45 bits per heavy atom. The number of hydrogen-bond acceptors (Lipinski definition) is 6. The summed E-state index contributed by atoms with van der Waals surface area (Å²) in [7, 11) is 0. The smallest absolute Gasteiger partial charge is 0.269 e. The number of nitrogen functional groups attached to an aromatic ring is 1. The molecule has 0 atom stereocenters. The van der Waals surface area contributed by atoms with Crippen LogP contribution < -0.4 is 22.1 Å². The summed E-state index contributed by atoms with van der Waals surface area (Å²) in [4.78, 5) is 32.2. The predicted molar refractivity (Wildman–Crippen MR) is 215 cm³/mol. The molecule has 252 valence electrons. The third-order valence-corrected chi connectivity index (χ3v) is 9.15. The normalized spacial score (nSPS) is 10.5. The fraction of sp³-hybridized carbons (Fsp3) is 0. The van der Waals surface area contributed by atoms with Crippen molar-refractivity contribution in [3.63, 3.8) is 0 Å². The maximum atomic E-state index is 12.3. The Hall–Kier alpha value is -5.39. The number of aromatic nitrogens is 2. The number of halogens is 3. The molecule has 0 saturated carbocycles. The van der Waals surface area contributed by atoms with Gasteiger partial charge in [0.05, 0.1) is 11.0 Å². The molecule has 2 aromatic heterocycles. The van der Waals surface area contributed by atoms with Gasteiger partial charge >= 0.3 is 0 Å². The van der Waals surface area contributed by atoms with Gasteiger partial charge in [-0.05, 0) is 71.4 Å². The Morgan fingerprint density at radius 2 is 0.922 bits per heavy atom. The first-order chi connectivity index (χ1) is 24.8. The summed E-state index contributed by atoms with van der Waals surface area (Å²) in [6.07, 6.45) is 0. The minimum Gasteiger partial charge on any atom is -0.290 e. The summed E-state index contributed by atoms with van der Waals surface area (Å²) >= 11 is 12.7. The second-order valence-corrected chi connectivity index (χ2v) is 13.2. The minimum atomic E-state index is -0.280. The third-order valence-electron chi connectivity index (χ3n) is 7.81. The van der Waals surface area contributed by atoms with E-state index in [1.165, 1.54) is 0 Å². The van der Waals surface area contributed by atoms with Crippen LogP contribution in [0.4, 0.5) is 5.82 Å². The second-order valence-electron chi connectivity index (χ2n) is 11.1. The van der Waals surface area contributed by atoms with Crippen LogP contribution in [-0.2, 0) is 0 Å². The lowest BCUT2D eigenvalue weighted by atomic mass is 10.1. The lowest BCUT2D eigenvalue weighted by Gasteiger charge is -2.12. The zero-order valence-corrected chi connectivity index (χ0v) is 30.7. The van der Waals surface area contributed by atoms with E-state index in [9.17, 15) is 9.59 Å². The third kappa shape index (κ3) is 8.50. The number of amides is 2. The molecule has 51 heavy (non-hydrogen) atoms. The lowest BCUT2D eigenvalue weighted by molar-refractivity contribution is 0.0949. The van der Waals surface area contributed by atoms with Crippen molar-refractivity contribution in [2.45, 2.75) is 0 Å². The van der Waals surface area contributed by atoms with E-state index in [0.29, 0.717) is 22.1 Å². The first-order valence-corrected chi connectivity index (χ1v) is 17.6. The van der Waals surface area contributed by atoms with Crippen molar-refractivity contribution in [3.8, 4) is 0 Å². The summed E-state index contributed by atoms with van der Waals surface area (Å²) in [6.45, 7) is 0. The first-order valence-electron chi connectivity index (χ1n) is 15.6. The van der Waals surface area contributed by atoms with Crippen LogP contribution in [0.1, 0.15) is 20.7 Å². The van der Waals surface area contributed by atoms with Gasteiger partial charge in [0.2, 0.25) is 0 Å². The van der Waals surface area contributed by atoms with Crippen LogP contribution >= 0.6 is 43.5 Å². The van der Waals surface area contributed by atoms with E-state index in [1.807, 2.05) is 90.4 Å². The van der Waals surface area contributed by atoms with Crippen LogP contribution in [0.2, 0.25) is 5.15 Å². The molecule has 0 fully saturated rings. The van der Waals surface area contributed by atoms with Gasteiger partial charge in [-0.1, -0.05) is 128 Å². The molecule has 8 rings (SSSR count). The van der Waals surface area contributed by atoms with E-state index >= 15 is 0 Å². The number of para-hydroxylation sites is 2. The molecule has 0 aliphatic carbocycles. The molecule has 2 amide bonds. The van der Waals surface area contributed by atoms with Crippen LogP contribution in [0.5, 0.6) is 0 Å². The molecule has 0 saturated heterocycles. The molecule has 8 nitrogen and oxygen atoms in total. The van der Waals surface area contributed by atoms with Gasteiger partial charge in [0.1, 0.15) is 5.15 Å². The molecule has 2 heterocycles. The van der Waals surface area contributed by atoms with Crippen molar-refractivity contribution < 1.29 is 9.59 Å². The predicted octanol–water partition coefficient (Wildman–Crippen LogP) is 10.0. The molecular weight excluding hydrogens is 792 g/mol. The topological polar surface area (TPSA) is 122 Å². The van der Waals surface area contributed by atoms with E-state index in [0.717, 1.165) is 52.3 Å². The molecule has 6 aromatic carbocycles. The highest BCUT2D eigenvalue weighted by molar-refractivity contribution is 9.10. The highest BCUT2D eigenvalue weighted by Crippen LogP contribution is 2.30. The Labute approximate surface area is 315 Å². The number of hydrazine groups is 2. The fourth-order valence-corrected chi connectivity index (χ4v) is 6.12. The van der Waals surface area contributed by atoms with Gasteiger partial charge < -0.3 is 0 Å². The zero-order chi connectivity index (χ0) is 35.7. The molecular formula is C40H29Br2ClN6O2. The summed E-state index contributed by atoms with van der Waals surface area (Å²) in [5.74, 6) is 5.06. The molecule has 8 aromatic rings. The minimum absolute atomic E-state index is 0.216. The van der Waals surface area contributed by atoms with Crippen LogP contribution in [0.3, 0.4) is 0 Å². The summed E-state index contributed by atoms with van der Waals surface area (Å²) in [5, 5.41) is 7.03. The van der Waals surface area contributed by atoms with Gasteiger partial charge in [0.15, 0.2) is 5.82 Å². The number of anilines is 1. The van der Waals surface area contributed by atoms with Gasteiger partial charge in [-0.2, -0.15) is 0 Å². The highest BCUT2D eigenvalue weighted by Gasteiger charge is 2.10. The van der Waals surface area contributed by atoms with Crippen molar-refractivity contribution in [3.05, 3.63) is 171 Å². The SMILES string of the molecule is Clc1nc2ccccc2c2ccccc12.NNC(=O)c1ccc(Br)cc1.O=C(NNc1nc2ccccc2c2ccccc12)c1ccc(Br)cc1. The monoisotopic (exact) mass is 818 g/mol. The molecule has 0 spiro atoms. The summed E-state index contributed by atoms with van der Waals surface area (Å²) in [5.41, 5.74) is 10.7. The van der Waals surface area contributed by atoms with E-state index in [1.54, 1.807) is 36.4 Å². The Morgan fingerprint density at radius 1 is 0.510 bits per heavy atom. The van der Waals surface area contributed by atoms with Crippen LogP contribution in [0.25, 0.3) is 43.4 Å². The molecule has 5 N–H and O–H groups in total. The van der Waals surface area contributed by atoms with Crippen molar-refractivity contribution in [1.82, 2.24) is 20.8 Å². The van der Waals surface area contributed by atoms with Crippen molar-refractivity contribution in [1.29, 1.82) is 0 Å². The molecule has 0 radical (unpaired) electrons. The maximum absolute atomic E-state index is 12.3. The average molecular weight is 821 g/mol. The fourth-order valence-electron chi connectivity index (χ4n) is 5.34. The Bertz CT molecular complexity index is 2500. The number of nitrogens with two attached hydrogens (primary N) is 1. The number of nitrogens with one attached hydrogen (secondary N) is 3. The number of nitrogens with zero attached hydrogens (tertiary/aromatic N) is 2. The Balaban J connectivity index is 0.000000146. The quantitative estimate of drug-likeness (QED) is 0.0461. The number of carbonyl (C=O) groups excluding carboxylic acids is 2. The molecule has 0 aliphatic heterocycles. The number of fused-ring (bicyclic) bond motifs is 6. The maximum Gasteiger partial charge on any atom is 0.269 e. The number of hydrogen-bond donors (Lipinski definition) is 4. The summed E-state index contributed by atoms with van der Waals surface area (Å²) in [6, 6.07) is 46.2. The highest BCUT2D eigenvalue weighted by atomic mass is 79.9. The van der Waals surface area contributed by atoms with Gasteiger partial charge in [-0.25, -0.2) is 15.8 Å². The van der Waals surface area contributed by atoms with Gasteiger partial charge in [0, 0.05) is 41.6 Å². The van der Waals surface area contributed by atoms with Gasteiger partial charge in [-0.3, -0.25) is 25.9 Å². The summed E-state index contributed by atoms with van der Waals surface area (Å²) < 4.78 is 1.87. The average Bonchev–Trinajstić information content (AvgIpc) is 3.18. The van der Waals surface area contributed by atoms with Crippen molar-refractivity contribution >= 4 is 104 Å². The van der Waals surface area contributed by atoms with Crippen molar-refractivity contribution in [2.24, 2.45) is 5.84 Å². The molecule has 0 aliphatic rings. The zero-order valence-electron chi connectivity index (χ0n) is 26.8. The van der Waals surface area contributed by atoms with Crippen LogP contribution in [-0.4, -0.2) is 21.8 Å². The second kappa shape index (κ2) is 16.5. The lowest BCUT2D eigenvalue weighted by Crippen LogP contribution is -2.29. The molecule has 0 bridgehead atoms. The van der Waals surface area contributed by atoms with Crippen LogP contribution in [0.15, 0.2) is 155 Å². The standard InChI is InChI=1S/C20H14BrN3O.C13H8ClN.C7H7BrN2O/c21-14-11-9-13(10-12-14)20(25)24-23-19-17-7-2-1-5-15(17)16-6-3-4-8-18(16)22-19;14-13-11-7-2-1-5-9(11)10-6-3-4-8-12(10)15-13;8-6-3-1-5(2-4-6)7(11)10-9/h1-12H,(H,22,23)(H,24,25);1-8H;1-4H,9H2,(H,10,11). The van der Waals surface area contributed by atoms with Crippen LogP contribution in [0, 0.1) is 0 Å². The number of pyridine rings is 2. The Kier molecular flexibility index (Phi) is 11.5.